The van der Waals surface area contributed by atoms with E-state index in [0.29, 0.717) is 11.1 Å². The average Bonchev–Trinajstić information content (AvgIpc) is 2.26. The SMILES string of the molecule is [N-]=[N+]=NCc1ccc([N+](=O)[O-])c(CCO)c1. The molecule has 1 aromatic carbocycles. The second-order valence-corrected chi connectivity index (χ2v) is 3.08. The molecule has 0 saturated carbocycles. The van der Waals surface area contributed by atoms with Gasteiger partial charge in [-0.05, 0) is 17.2 Å². The fourth-order valence-corrected chi connectivity index (χ4v) is 1.35. The van der Waals surface area contributed by atoms with E-state index in [-0.39, 0.29) is 25.3 Å². The molecule has 16 heavy (non-hydrogen) atoms. The molecule has 0 radical (unpaired) electrons. The Morgan fingerprint density at radius 1 is 1.56 bits per heavy atom. The van der Waals surface area contributed by atoms with Crippen LogP contribution in [0.3, 0.4) is 0 Å². The van der Waals surface area contributed by atoms with Gasteiger partial charge in [-0.15, -0.1) is 0 Å². The summed E-state index contributed by atoms with van der Waals surface area (Å²) in [5.74, 6) is 0. The predicted molar refractivity (Wildman–Crippen MR) is 56.7 cm³/mol. The van der Waals surface area contributed by atoms with Crippen molar-refractivity contribution in [1.29, 1.82) is 0 Å². The molecule has 1 aromatic rings. The minimum absolute atomic E-state index is 0.0289. The predicted octanol–water partition coefficient (Wildman–Crippen LogP) is 1.94. The van der Waals surface area contributed by atoms with E-state index >= 15 is 0 Å². The maximum Gasteiger partial charge on any atom is 0.272 e. The van der Waals surface area contributed by atoms with Crippen LogP contribution in [0.4, 0.5) is 5.69 Å². The van der Waals surface area contributed by atoms with E-state index in [0.717, 1.165) is 0 Å². The van der Waals surface area contributed by atoms with Gasteiger partial charge in [0.15, 0.2) is 0 Å². The summed E-state index contributed by atoms with van der Waals surface area (Å²) < 4.78 is 0. The number of aliphatic hydroxyl groups is 1. The molecule has 7 nitrogen and oxygen atoms in total. The Kier molecular flexibility index (Phi) is 4.26. The van der Waals surface area contributed by atoms with Gasteiger partial charge in [0.05, 0.1) is 11.5 Å². The molecule has 0 aliphatic heterocycles. The van der Waals surface area contributed by atoms with Gasteiger partial charge in [-0.3, -0.25) is 10.1 Å². The highest BCUT2D eigenvalue weighted by molar-refractivity contribution is 5.43. The Labute approximate surface area is 91.1 Å². The second kappa shape index (κ2) is 5.69. The van der Waals surface area contributed by atoms with Crippen LogP contribution in [0.2, 0.25) is 0 Å². The molecule has 7 heteroatoms. The summed E-state index contributed by atoms with van der Waals surface area (Å²) in [6.07, 6.45) is 0.209. The van der Waals surface area contributed by atoms with Crippen molar-refractivity contribution in [3.05, 3.63) is 49.9 Å². The number of azide groups is 1. The van der Waals surface area contributed by atoms with Crippen LogP contribution in [0.15, 0.2) is 23.3 Å². The lowest BCUT2D eigenvalue weighted by Crippen LogP contribution is -1.99. The first-order chi connectivity index (χ1) is 7.69. The molecule has 0 aliphatic carbocycles. The van der Waals surface area contributed by atoms with Crippen LogP contribution >= 0.6 is 0 Å². The Morgan fingerprint density at radius 3 is 2.88 bits per heavy atom. The quantitative estimate of drug-likeness (QED) is 0.270. The van der Waals surface area contributed by atoms with Gasteiger partial charge in [0, 0.05) is 29.6 Å². The van der Waals surface area contributed by atoms with Gasteiger partial charge in [0.1, 0.15) is 0 Å². The Balaban J connectivity index is 3.06. The van der Waals surface area contributed by atoms with E-state index in [1.54, 1.807) is 6.07 Å². The number of hydrogen-bond acceptors (Lipinski definition) is 4. The van der Waals surface area contributed by atoms with Crippen LogP contribution in [0.5, 0.6) is 0 Å². The third-order valence-electron chi connectivity index (χ3n) is 2.04. The highest BCUT2D eigenvalue weighted by Gasteiger charge is 2.13. The molecule has 0 amide bonds. The van der Waals surface area contributed by atoms with Gasteiger partial charge in [-0.2, -0.15) is 0 Å². The summed E-state index contributed by atoms with van der Waals surface area (Å²) in [4.78, 5) is 12.8. The minimum atomic E-state index is -0.498. The van der Waals surface area contributed by atoms with E-state index in [4.69, 9.17) is 10.6 Å². The monoisotopic (exact) mass is 222 g/mol. The summed E-state index contributed by atoms with van der Waals surface area (Å²) >= 11 is 0. The Hall–Kier alpha value is -2.11. The van der Waals surface area contributed by atoms with E-state index < -0.39 is 4.92 Å². The third-order valence-corrected chi connectivity index (χ3v) is 2.04. The van der Waals surface area contributed by atoms with Gasteiger partial charge in [0.2, 0.25) is 0 Å². The van der Waals surface area contributed by atoms with Crippen molar-refractivity contribution in [2.45, 2.75) is 13.0 Å². The zero-order valence-electron chi connectivity index (χ0n) is 8.41. The highest BCUT2D eigenvalue weighted by atomic mass is 16.6. The highest BCUT2D eigenvalue weighted by Crippen LogP contribution is 2.20. The lowest BCUT2D eigenvalue weighted by molar-refractivity contribution is -0.385. The summed E-state index contributed by atoms with van der Waals surface area (Å²) in [5.41, 5.74) is 9.25. The first-order valence-electron chi connectivity index (χ1n) is 4.57. The van der Waals surface area contributed by atoms with Crippen molar-refractivity contribution in [3.63, 3.8) is 0 Å². The van der Waals surface area contributed by atoms with E-state index in [1.165, 1.54) is 12.1 Å². The number of benzene rings is 1. The largest absolute Gasteiger partial charge is 0.396 e. The first kappa shape index (κ1) is 12.0. The van der Waals surface area contributed by atoms with Gasteiger partial charge < -0.3 is 5.11 Å². The fraction of sp³-hybridized carbons (Fsp3) is 0.333. The van der Waals surface area contributed by atoms with Crippen LogP contribution in [0, 0.1) is 10.1 Å². The topological polar surface area (TPSA) is 112 Å². The van der Waals surface area contributed by atoms with Gasteiger partial charge in [-0.25, -0.2) is 0 Å². The molecule has 0 spiro atoms. The molecule has 1 N–H and O–H groups in total. The maximum atomic E-state index is 10.7. The van der Waals surface area contributed by atoms with Crippen molar-refractivity contribution in [2.75, 3.05) is 6.61 Å². The first-order valence-corrected chi connectivity index (χ1v) is 4.57. The van der Waals surface area contributed by atoms with E-state index in [9.17, 15) is 10.1 Å². The summed E-state index contributed by atoms with van der Waals surface area (Å²) in [6.45, 7) is -0.0151. The van der Waals surface area contributed by atoms with Gasteiger partial charge >= 0.3 is 0 Å². The molecule has 0 heterocycles. The molecule has 0 bridgehead atoms. The van der Waals surface area contributed by atoms with Crippen LogP contribution in [0.1, 0.15) is 11.1 Å². The number of nitro groups is 1. The number of aliphatic hydroxyl groups excluding tert-OH is 1. The fourth-order valence-electron chi connectivity index (χ4n) is 1.35. The maximum absolute atomic E-state index is 10.7. The number of nitro benzene ring substituents is 1. The average molecular weight is 222 g/mol. The van der Waals surface area contributed by atoms with Crippen molar-refractivity contribution in [2.24, 2.45) is 5.11 Å². The molecule has 0 atom stereocenters. The molecular weight excluding hydrogens is 212 g/mol. The molecule has 0 aromatic heterocycles. The van der Waals surface area contributed by atoms with Crippen LogP contribution in [-0.2, 0) is 13.0 Å². The van der Waals surface area contributed by atoms with Gasteiger partial charge in [-0.1, -0.05) is 11.2 Å². The van der Waals surface area contributed by atoms with Gasteiger partial charge in [0.25, 0.3) is 5.69 Å². The zero-order valence-corrected chi connectivity index (χ0v) is 8.41. The Bertz CT molecular complexity index is 440. The van der Waals surface area contributed by atoms with Crippen LogP contribution in [-0.4, -0.2) is 16.6 Å². The third kappa shape index (κ3) is 2.94. The normalized spacial score (nSPS) is 9.56. The zero-order chi connectivity index (χ0) is 12.0. The molecule has 0 saturated heterocycles. The molecule has 0 unspecified atom stereocenters. The van der Waals surface area contributed by atoms with Crippen molar-refractivity contribution < 1.29 is 10.0 Å². The van der Waals surface area contributed by atoms with Crippen LogP contribution in [0.25, 0.3) is 10.4 Å². The standard InChI is InChI=1S/C9H10N4O3/c10-12-11-6-7-1-2-9(13(15)16)8(5-7)3-4-14/h1-2,5,14H,3-4,6H2. The number of nitrogens with zero attached hydrogens (tertiary/aromatic N) is 4. The van der Waals surface area contributed by atoms with E-state index in [2.05, 4.69) is 10.0 Å². The lowest BCUT2D eigenvalue weighted by Gasteiger charge is -2.03. The number of rotatable bonds is 5. The summed E-state index contributed by atoms with van der Waals surface area (Å²) in [6, 6.07) is 4.46. The smallest absolute Gasteiger partial charge is 0.272 e. The second-order valence-electron chi connectivity index (χ2n) is 3.08. The molecule has 0 aliphatic rings. The Morgan fingerprint density at radius 2 is 2.31 bits per heavy atom. The van der Waals surface area contributed by atoms with Crippen molar-refractivity contribution in [3.8, 4) is 0 Å². The van der Waals surface area contributed by atoms with Crippen molar-refractivity contribution in [1.82, 2.24) is 0 Å². The summed E-state index contributed by atoms with van der Waals surface area (Å²) in [5, 5.41) is 22.8. The lowest BCUT2D eigenvalue weighted by atomic mass is 10.1. The minimum Gasteiger partial charge on any atom is -0.396 e. The van der Waals surface area contributed by atoms with Crippen molar-refractivity contribution >= 4 is 5.69 Å². The molecule has 1 rings (SSSR count). The number of hydrogen-bond donors (Lipinski definition) is 1. The van der Waals surface area contributed by atoms with Crippen LogP contribution < -0.4 is 0 Å². The molecular formula is C9H10N4O3. The summed E-state index contributed by atoms with van der Waals surface area (Å²) in [7, 11) is 0. The molecule has 84 valence electrons. The molecule has 0 fully saturated rings. The van der Waals surface area contributed by atoms with E-state index in [1.807, 2.05) is 0 Å².